The van der Waals surface area contributed by atoms with Crippen LogP contribution in [0.4, 0.5) is 0 Å². The zero-order valence-electron chi connectivity index (χ0n) is 9.70. The van der Waals surface area contributed by atoms with Crippen LogP contribution >= 0.6 is 38.9 Å². The Morgan fingerprint density at radius 1 is 1.28 bits per heavy atom. The van der Waals surface area contributed by atoms with E-state index in [1.54, 1.807) is 11.3 Å². The van der Waals surface area contributed by atoms with Crippen LogP contribution in [-0.2, 0) is 0 Å². The zero-order valence-corrected chi connectivity index (χ0v) is 12.9. The standard InChI is InChI=1S/C14H13BrClNS/c15-9-3-4-11(16)10(7-9)12-5-6-13(18-12)14(17)8-1-2-8/h3-8,14H,1-2,17H2. The minimum absolute atomic E-state index is 0.203. The van der Waals surface area contributed by atoms with E-state index in [9.17, 15) is 0 Å². The summed E-state index contributed by atoms with van der Waals surface area (Å²) < 4.78 is 1.04. The molecule has 1 aliphatic rings. The molecule has 1 fully saturated rings. The van der Waals surface area contributed by atoms with Gasteiger partial charge in [-0.25, -0.2) is 0 Å². The smallest absolute Gasteiger partial charge is 0.0493 e. The van der Waals surface area contributed by atoms with Crippen LogP contribution in [0.2, 0.25) is 5.02 Å². The monoisotopic (exact) mass is 341 g/mol. The predicted molar refractivity (Wildman–Crippen MR) is 82.1 cm³/mol. The molecule has 4 heteroatoms. The third kappa shape index (κ3) is 2.50. The lowest BCUT2D eigenvalue weighted by Gasteiger charge is -2.06. The van der Waals surface area contributed by atoms with E-state index >= 15 is 0 Å². The van der Waals surface area contributed by atoms with Gasteiger partial charge in [0.05, 0.1) is 0 Å². The van der Waals surface area contributed by atoms with Gasteiger partial charge in [-0.1, -0.05) is 27.5 Å². The van der Waals surface area contributed by atoms with Gasteiger partial charge in [-0.2, -0.15) is 0 Å². The van der Waals surface area contributed by atoms with Crippen molar-refractivity contribution in [3.8, 4) is 10.4 Å². The molecular formula is C14H13BrClNS. The first-order valence-electron chi connectivity index (χ1n) is 5.96. The fourth-order valence-corrected chi connectivity index (χ4v) is 3.82. The van der Waals surface area contributed by atoms with E-state index < -0.39 is 0 Å². The number of halogens is 2. The van der Waals surface area contributed by atoms with E-state index in [4.69, 9.17) is 17.3 Å². The first-order valence-corrected chi connectivity index (χ1v) is 7.94. The summed E-state index contributed by atoms with van der Waals surface area (Å²) in [6.45, 7) is 0. The SMILES string of the molecule is NC(c1ccc(-c2cc(Br)ccc2Cl)s1)C1CC1. The summed E-state index contributed by atoms with van der Waals surface area (Å²) in [5.41, 5.74) is 7.30. The lowest BCUT2D eigenvalue weighted by molar-refractivity contribution is 0.645. The van der Waals surface area contributed by atoms with E-state index in [0.717, 1.165) is 15.1 Å². The van der Waals surface area contributed by atoms with Gasteiger partial charge in [-0.05, 0) is 49.1 Å². The number of hydrogen-bond acceptors (Lipinski definition) is 2. The van der Waals surface area contributed by atoms with Gasteiger partial charge < -0.3 is 5.73 Å². The Labute approximate surface area is 124 Å². The summed E-state index contributed by atoms with van der Waals surface area (Å²) in [5.74, 6) is 0.689. The number of benzene rings is 1. The lowest BCUT2D eigenvalue weighted by atomic mass is 10.1. The zero-order chi connectivity index (χ0) is 12.7. The highest BCUT2D eigenvalue weighted by molar-refractivity contribution is 9.10. The maximum absolute atomic E-state index is 6.25. The molecule has 1 aliphatic carbocycles. The van der Waals surface area contributed by atoms with Crippen LogP contribution in [0.5, 0.6) is 0 Å². The molecule has 0 bridgehead atoms. The molecule has 1 aromatic carbocycles. The molecule has 0 amide bonds. The van der Waals surface area contributed by atoms with Crippen molar-refractivity contribution in [1.82, 2.24) is 0 Å². The van der Waals surface area contributed by atoms with Crippen molar-refractivity contribution in [2.45, 2.75) is 18.9 Å². The van der Waals surface area contributed by atoms with Gasteiger partial charge in [0.1, 0.15) is 0 Å². The third-order valence-corrected chi connectivity index (χ3v) is 5.32. The Bertz CT molecular complexity index is 577. The van der Waals surface area contributed by atoms with Crippen molar-refractivity contribution < 1.29 is 0 Å². The highest BCUT2D eigenvalue weighted by Crippen LogP contribution is 2.43. The fourth-order valence-electron chi connectivity index (χ4n) is 2.05. The van der Waals surface area contributed by atoms with Gasteiger partial charge in [0.25, 0.3) is 0 Å². The third-order valence-electron chi connectivity index (χ3n) is 3.28. The van der Waals surface area contributed by atoms with Crippen LogP contribution in [0.1, 0.15) is 23.8 Å². The van der Waals surface area contributed by atoms with E-state index in [1.165, 1.54) is 22.6 Å². The van der Waals surface area contributed by atoms with Crippen LogP contribution in [0.3, 0.4) is 0 Å². The molecule has 3 rings (SSSR count). The van der Waals surface area contributed by atoms with Crippen LogP contribution in [-0.4, -0.2) is 0 Å². The predicted octanol–water partition coefficient (Wildman–Crippen LogP) is 5.24. The molecule has 2 aromatic rings. The Morgan fingerprint density at radius 3 is 2.78 bits per heavy atom. The molecule has 0 aliphatic heterocycles. The molecule has 1 atom stereocenters. The van der Waals surface area contributed by atoms with Gasteiger partial charge in [0.15, 0.2) is 0 Å². The number of rotatable bonds is 3. The number of thiophene rings is 1. The average molecular weight is 343 g/mol. The highest BCUT2D eigenvalue weighted by atomic mass is 79.9. The van der Waals surface area contributed by atoms with Crippen molar-refractivity contribution in [3.05, 3.63) is 44.7 Å². The van der Waals surface area contributed by atoms with Crippen LogP contribution < -0.4 is 5.73 Å². The molecule has 0 radical (unpaired) electrons. The fraction of sp³-hybridized carbons (Fsp3) is 0.286. The van der Waals surface area contributed by atoms with Crippen molar-refractivity contribution in [2.24, 2.45) is 11.7 Å². The van der Waals surface area contributed by atoms with Gasteiger partial charge in [0, 0.05) is 30.9 Å². The van der Waals surface area contributed by atoms with E-state index in [2.05, 4.69) is 34.1 Å². The summed E-state index contributed by atoms with van der Waals surface area (Å²) in [4.78, 5) is 2.45. The van der Waals surface area contributed by atoms with Crippen LogP contribution in [0, 0.1) is 5.92 Å². The summed E-state index contributed by atoms with van der Waals surface area (Å²) >= 11 is 11.5. The summed E-state index contributed by atoms with van der Waals surface area (Å²) in [6.07, 6.45) is 2.54. The Morgan fingerprint density at radius 2 is 2.06 bits per heavy atom. The molecule has 1 saturated carbocycles. The first-order chi connectivity index (χ1) is 8.65. The molecule has 0 spiro atoms. The summed E-state index contributed by atoms with van der Waals surface area (Å²) in [7, 11) is 0. The average Bonchev–Trinajstić information content (AvgIpc) is 3.09. The van der Waals surface area contributed by atoms with Gasteiger partial charge >= 0.3 is 0 Å². The quantitative estimate of drug-likeness (QED) is 0.811. The molecule has 94 valence electrons. The topological polar surface area (TPSA) is 26.0 Å². The molecule has 18 heavy (non-hydrogen) atoms. The molecule has 1 heterocycles. The molecule has 0 saturated heterocycles. The van der Waals surface area contributed by atoms with Crippen molar-refractivity contribution in [2.75, 3.05) is 0 Å². The first kappa shape index (κ1) is 12.7. The van der Waals surface area contributed by atoms with Crippen molar-refractivity contribution >= 4 is 38.9 Å². The maximum atomic E-state index is 6.25. The van der Waals surface area contributed by atoms with Crippen LogP contribution in [0.15, 0.2) is 34.8 Å². The van der Waals surface area contributed by atoms with Crippen LogP contribution in [0.25, 0.3) is 10.4 Å². The second kappa shape index (κ2) is 4.97. The number of hydrogen-bond donors (Lipinski definition) is 1. The Kier molecular flexibility index (Phi) is 3.50. The normalized spacial score (nSPS) is 16.8. The molecule has 2 N–H and O–H groups in total. The summed E-state index contributed by atoms with van der Waals surface area (Å²) in [6, 6.07) is 10.4. The molecule has 1 aromatic heterocycles. The van der Waals surface area contributed by atoms with E-state index in [-0.39, 0.29) is 6.04 Å². The molecule has 1 nitrogen and oxygen atoms in total. The van der Waals surface area contributed by atoms with E-state index in [0.29, 0.717) is 5.92 Å². The minimum Gasteiger partial charge on any atom is -0.323 e. The summed E-state index contributed by atoms with van der Waals surface area (Å²) in [5, 5.41) is 0.784. The number of nitrogens with two attached hydrogens (primary N) is 1. The van der Waals surface area contributed by atoms with Gasteiger partial charge in [0.2, 0.25) is 0 Å². The van der Waals surface area contributed by atoms with Gasteiger partial charge in [-0.3, -0.25) is 0 Å². The lowest BCUT2D eigenvalue weighted by Crippen LogP contribution is -2.10. The van der Waals surface area contributed by atoms with E-state index in [1.807, 2.05) is 12.1 Å². The largest absolute Gasteiger partial charge is 0.323 e. The van der Waals surface area contributed by atoms with Gasteiger partial charge in [-0.15, -0.1) is 11.3 Å². The Balaban J connectivity index is 1.94. The second-order valence-electron chi connectivity index (χ2n) is 4.69. The minimum atomic E-state index is 0.203. The molecule has 1 unspecified atom stereocenters. The van der Waals surface area contributed by atoms with Crippen molar-refractivity contribution in [1.29, 1.82) is 0 Å². The molecular weight excluding hydrogens is 330 g/mol. The second-order valence-corrected chi connectivity index (χ2v) is 7.13. The maximum Gasteiger partial charge on any atom is 0.0493 e. The highest BCUT2D eigenvalue weighted by Gasteiger charge is 2.30. The Hall–Kier alpha value is -0.350. The van der Waals surface area contributed by atoms with Crippen molar-refractivity contribution in [3.63, 3.8) is 0 Å².